The summed E-state index contributed by atoms with van der Waals surface area (Å²) in [5.41, 5.74) is 1.25. The lowest BCUT2D eigenvalue weighted by molar-refractivity contribution is -0.129. The molecule has 1 aliphatic rings. The fraction of sp³-hybridized carbons (Fsp3) is 0.105. The maximum Gasteiger partial charge on any atom is 0.363 e. The topological polar surface area (TPSA) is 80.9 Å². The van der Waals surface area contributed by atoms with E-state index in [0.717, 1.165) is 0 Å². The Morgan fingerprint density at radius 3 is 2.69 bits per heavy atom. The van der Waals surface area contributed by atoms with Crippen molar-refractivity contribution < 1.29 is 23.4 Å². The Morgan fingerprint density at radius 1 is 1.23 bits per heavy atom. The lowest BCUT2D eigenvalue weighted by Crippen LogP contribution is -2.05. The lowest BCUT2D eigenvalue weighted by Gasteiger charge is -2.08. The monoisotopic (exact) mass is 352 g/mol. The Balaban J connectivity index is 1.88. The van der Waals surface area contributed by atoms with Crippen LogP contribution < -0.4 is 9.47 Å². The molecule has 0 bridgehead atoms. The molecule has 7 heteroatoms. The van der Waals surface area contributed by atoms with Gasteiger partial charge in [0.1, 0.15) is 11.9 Å². The smallest absolute Gasteiger partial charge is 0.363 e. The maximum absolute atomic E-state index is 13.0. The van der Waals surface area contributed by atoms with E-state index in [-0.39, 0.29) is 24.0 Å². The number of halogens is 1. The Morgan fingerprint density at radius 2 is 2.00 bits per heavy atom. The van der Waals surface area contributed by atoms with E-state index in [0.29, 0.717) is 22.6 Å². The van der Waals surface area contributed by atoms with Gasteiger partial charge in [0.25, 0.3) is 0 Å². The van der Waals surface area contributed by atoms with Crippen molar-refractivity contribution in [2.75, 3.05) is 13.7 Å². The van der Waals surface area contributed by atoms with Crippen molar-refractivity contribution in [2.24, 2.45) is 4.99 Å². The minimum Gasteiger partial charge on any atom is -0.493 e. The number of benzene rings is 2. The summed E-state index contributed by atoms with van der Waals surface area (Å²) in [5, 5.41) is 8.59. The third kappa shape index (κ3) is 3.70. The first kappa shape index (κ1) is 17.2. The molecular weight excluding hydrogens is 339 g/mol. The molecule has 1 heterocycles. The number of nitriles is 1. The van der Waals surface area contributed by atoms with Crippen LogP contribution in [0.5, 0.6) is 11.5 Å². The summed E-state index contributed by atoms with van der Waals surface area (Å²) in [7, 11) is 1.47. The van der Waals surface area contributed by atoms with E-state index in [4.69, 9.17) is 19.5 Å². The maximum atomic E-state index is 13.0. The summed E-state index contributed by atoms with van der Waals surface area (Å²) in [6.45, 7) is -0.103. The van der Waals surface area contributed by atoms with E-state index >= 15 is 0 Å². The van der Waals surface area contributed by atoms with E-state index in [1.807, 2.05) is 6.07 Å². The summed E-state index contributed by atoms with van der Waals surface area (Å²) < 4.78 is 28.6. The number of ether oxygens (including phenoxy) is 3. The first-order chi connectivity index (χ1) is 12.6. The molecule has 2 aromatic carbocycles. The zero-order valence-corrected chi connectivity index (χ0v) is 13.7. The molecule has 0 spiro atoms. The Labute approximate surface area is 148 Å². The standard InChI is InChI=1S/C19H13FN2O4/c1-24-17-11-12(2-7-16(17)25-9-8-21)10-15-19(23)26-18(22-15)13-3-5-14(20)6-4-13/h2-7,10-11H,9H2,1H3/b15-10-. The Kier molecular flexibility index (Phi) is 4.94. The zero-order chi connectivity index (χ0) is 18.5. The zero-order valence-electron chi connectivity index (χ0n) is 13.7. The number of hydrogen-bond acceptors (Lipinski definition) is 6. The molecule has 1 aliphatic heterocycles. The number of methoxy groups -OCH3 is 1. The van der Waals surface area contributed by atoms with Crippen LogP contribution in [0.25, 0.3) is 6.08 Å². The number of aliphatic imine (C=N–C) groups is 1. The van der Waals surface area contributed by atoms with Crippen molar-refractivity contribution in [1.82, 2.24) is 0 Å². The highest BCUT2D eigenvalue weighted by Gasteiger charge is 2.24. The van der Waals surface area contributed by atoms with Crippen LogP contribution in [0, 0.1) is 17.1 Å². The highest BCUT2D eigenvalue weighted by molar-refractivity contribution is 6.12. The molecule has 0 aliphatic carbocycles. The van der Waals surface area contributed by atoms with Crippen LogP contribution >= 0.6 is 0 Å². The van der Waals surface area contributed by atoms with Gasteiger partial charge in [-0.2, -0.15) is 5.26 Å². The van der Waals surface area contributed by atoms with E-state index < -0.39 is 5.97 Å². The second kappa shape index (κ2) is 7.49. The van der Waals surface area contributed by atoms with E-state index in [9.17, 15) is 9.18 Å². The van der Waals surface area contributed by atoms with E-state index in [1.165, 1.54) is 37.5 Å². The van der Waals surface area contributed by atoms with Gasteiger partial charge in [-0.25, -0.2) is 14.2 Å². The van der Waals surface area contributed by atoms with Crippen molar-refractivity contribution in [1.29, 1.82) is 5.26 Å². The summed E-state index contributed by atoms with van der Waals surface area (Å²) in [4.78, 5) is 16.2. The molecular formula is C19H13FN2O4. The fourth-order valence-corrected chi connectivity index (χ4v) is 2.29. The molecule has 0 unspecified atom stereocenters. The number of rotatable bonds is 5. The van der Waals surface area contributed by atoms with Crippen molar-refractivity contribution in [3.8, 4) is 17.6 Å². The van der Waals surface area contributed by atoms with Crippen LogP contribution in [0.1, 0.15) is 11.1 Å². The highest BCUT2D eigenvalue weighted by atomic mass is 19.1. The Bertz CT molecular complexity index is 943. The molecule has 2 aromatic rings. The number of hydrogen-bond donors (Lipinski definition) is 0. The molecule has 0 radical (unpaired) electrons. The van der Waals surface area contributed by atoms with Gasteiger partial charge in [-0.05, 0) is 48.0 Å². The van der Waals surface area contributed by atoms with Crippen LogP contribution in [0.15, 0.2) is 53.2 Å². The van der Waals surface area contributed by atoms with Crippen LogP contribution in [0.2, 0.25) is 0 Å². The van der Waals surface area contributed by atoms with Gasteiger partial charge < -0.3 is 14.2 Å². The summed E-state index contributed by atoms with van der Waals surface area (Å²) in [5.74, 6) is -0.0417. The normalized spacial score (nSPS) is 14.6. The molecule has 0 saturated carbocycles. The SMILES string of the molecule is COc1cc(/C=C2\N=C(c3ccc(F)cc3)OC2=O)ccc1OCC#N. The van der Waals surface area contributed by atoms with Gasteiger partial charge in [-0.1, -0.05) is 6.07 Å². The average Bonchev–Trinajstić information content (AvgIpc) is 3.01. The fourth-order valence-electron chi connectivity index (χ4n) is 2.29. The van der Waals surface area contributed by atoms with Gasteiger partial charge in [-0.15, -0.1) is 0 Å². The second-order valence-corrected chi connectivity index (χ2v) is 5.20. The first-order valence-electron chi connectivity index (χ1n) is 7.57. The third-order valence-corrected chi connectivity index (χ3v) is 3.49. The van der Waals surface area contributed by atoms with Gasteiger partial charge in [0.15, 0.2) is 23.8 Å². The number of cyclic esters (lactones) is 1. The van der Waals surface area contributed by atoms with Crippen molar-refractivity contribution in [2.45, 2.75) is 0 Å². The van der Waals surface area contributed by atoms with Crippen molar-refractivity contribution in [3.05, 3.63) is 65.1 Å². The Hall–Kier alpha value is -3.66. The number of carbonyl (C=O) groups is 1. The molecule has 0 atom stereocenters. The van der Waals surface area contributed by atoms with Gasteiger partial charge in [-0.3, -0.25) is 0 Å². The number of carbonyl (C=O) groups excluding carboxylic acids is 1. The van der Waals surface area contributed by atoms with Crippen molar-refractivity contribution in [3.63, 3.8) is 0 Å². The minimum atomic E-state index is -0.604. The van der Waals surface area contributed by atoms with Crippen LogP contribution in [0.4, 0.5) is 4.39 Å². The summed E-state index contributed by atoms with van der Waals surface area (Å²) in [6.07, 6.45) is 1.54. The van der Waals surface area contributed by atoms with Crippen LogP contribution in [0.3, 0.4) is 0 Å². The van der Waals surface area contributed by atoms with Gasteiger partial charge in [0.05, 0.1) is 7.11 Å². The number of nitrogens with zero attached hydrogens (tertiary/aromatic N) is 2. The van der Waals surface area contributed by atoms with Crippen molar-refractivity contribution >= 4 is 17.9 Å². The average molecular weight is 352 g/mol. The first-order valence-corrected chi connectivity index (χ1v) is 7.57. The van der Waals surface area contributed by atoms with Crippen LogP contribution in [-0.2, 0) is 9.53 Å². The molecule has 0 amide bonds. The summed E-state index contributed by atoms with van der Waals surface area (Å²) >= 11 is 0. The predicted octanol–water partition coefficient (Wildman–Crippen LogP) is 3.08. The minimum absolute atomic E-state index is 0.103. The highest BCUT2D eigenvalue weighted by Crippen LogP contribution is 2.29. The second-order valence-electron chi connectivity index (χ2n) is 5.20. The third-order valence-electron chi connectivity index (χ3n) is 3.49. The molecule has 130 valence electrons. The lowest BCUT2D eigenvalue weighted by atomic mass is 10.1. The molecule has 6 nitrogen and oxygen atoms in total. The summed E-state index contributed by atoms with van der Waals surface area (Å²) in [6, 6.07) is 12.3. The van der Waals surface area contributed by atoms with Gasteiger partial charge in [0, 0.05) is 5.56 Å². The molecule has 0 fully saturated rings. The number of esters is 1. The molecule has 26 heavy (non-hydrogen) atoms. The molecule has 0 N–H and O–H groups in total. The molecule has 0 aromatic heterocycles. The molecule has 0 saturated heterocycles. The van der Waals surface area contributed by atoms with Crippen LogP contribution in [-0.4, -0.2) is 25.6 Å². The van der Waals surface area contributed by atoms with Gasteiger partial charge in [0.2, 0.25) is 5.90 Å². The molecule has 3 rings (SSSR count). The van der Waals surface area contributed by atoms with E-state index in [1.54, 1.807) is 18.2 Å². The van der Waals surface area contributed by atoms with Gasteiger partial charge >= 0.3 is 5.97 Å². The largest absolute Gasteiger partial charge is 0.493 e. The van der Waals surface area contributed by atoms with E-state index in [2.05, 4.69) is 4.99 Å². The predicted molar refractivity (Wildman–Crippen MR) is 91.1 cm³/mol. The quantitative estimate of drug-likeness (QED) is 0.610.